The van der Waals surface area contributed by atoms with Gasteiger partial charge in [-0.2, -0.15) is 0 Å². The van der Waals surface area contributed by atoms with E-state index >= 15 is 0 Å². The van der Waals surface area contributed by atoms with E-state index in [9.17, 15) is 0 Å². The van der Waals surface area contributed by atoms with Gasteiger partial charge in [-0.25, -0.2) is 4.31 Å². The Kier molecular flexibility index (Phi) is 2.35. The standard InChI is InChI=1S/C11H15NS/c1-11(2)8-12(9-11)13-10-6-4-3-5-7-10/h3-7H,8-9H2,1-2H3. The minimum atomic E-state index is 0.530. The lowest BCUT2D eigenvalue weighted by Crippen LogP contribution is -2.48. The van der Waals surface area contributed by atoms with Crippen molar-refractivity contribution in [2.45, 2.75) is 18.7 Å². The van der Waals surface area contributed by atoms with Crippen LogP contribution in [0.4, 0.5) is 0 Å². The smallest absolute Gasteiger partial charge is 0.0230 e. The molecule has 1 nitrogen and oxygen atoms in total. The van der Waals surface area contributed by atoms with E-state index in [2.05, 4.69) is 48.5 Å². The molecule has 1 saturated heterocycles. The molecule has 1 aliphatic rings. The molecule has 0 aromatic heterocycles. The highest BCUT2D eigenvalue weighted by atomic mass is 32.2. The molecule has 1 heterocycles. The molecule has 70 valence electrons. The van der Waals surface area contributed by atoms with Crippen molar-refractivity contribution in [2.24, 2.45) is 5.41 Å². The molecule has 0 radical (unpaired) electrons. The van der Waals surface area contributed by atoms with E-state index in [-0.39, 0.29) is 0 Å². The minimum Gasteiger partial charge on any atom is -0.245 e. The molecule has 2 heteroatoms. The van der Waals surface area contributed by atoms with Crippen LogP contribution in [0.3, 0.4) is 0 Å². The maximum atomic E-state index is 2.41. The molecule has 2 rings (SSSR count). The highest BCUT2D eigenvalue weighted by molar-refractivity contribution is 7.97. The molecule has 0 aliphatic carbocycles. The molecule has 0 bridgehead atoms. The first-order valence-electron chi connectivity index (χ1n) is 4.64. The summed E-state index contributed by atoms with van der Waals surface area (Å²) in [6.45, 7) is 7.03. The molecule has 0 N–H and O–H groups in total. The second-order valence-corrected chi connectivity index (χ2v) is 5.54. The van der Waals surface area contributed by atoms with Gasteiger partial charge in [-0.1, -0.05) is 32.0 Å². The fraction of sp³-hybridized carbons (Fsp3) is 0.455. The number of nitrogens with zero attached hydrogens (tertiary/aromatic N) is 1. The monoisotopic (exact) mass is 193 g/mol. The van der Waals surface area contributed by atoms with Crippen LogP contribution in [0.25, 0.3) is 0 Å². The molecular weight excluding hydrogens is 178 g/mol. The maximum absolute atomic E-state index is 2.41. The molecule has 0 spiro atoms. The molecule has 1 fully saturated rings. The Bertz CT molecular complexity index is 273. The molecule has 0 atom stereocenters. The van der Waals surface area contributed by atoms with Crippen molar-refractivity contribution < 1.29 is 0 Å². The maximum Gasteiger partial charge on any atom is 0.0230 e. The van der Waals surface area contributed by atoms with Crippen LogP contribution >= 0.6 is 11.9 Å². The lowest BCUT2D eigenvalue weighted by atomic mass is 9.87. The lowest BCUT2D eigenvalue weighted by Gasteiger charge is -2.44. The summed E-state index contributed by atoms with van der Waals surface area (Å²) in [4.78, 5) is 1.35. The van der Waals surface area contributed by atoms with Crippen LogP contribution in [0.15, 0.2) is 35.2 Å². The van der Waals surface area contributed by atoms with Crippen molar-refractivity contribution in [2.75, 3.05) is 13.1 Å². The molecular formula is C11H15NS. The first kappa shape index (κ1) is 9.10. The van der Waals surface area contributed by atoms with Crippen molar-refractivity contribution in [3.8, 4) is 0 Å². The average molecular weight is 193 g/mol. The van der Waals surface area contributed by atoms with Gasteiger partial charge >= 0.3 is 0 Å². The van der Waals surface area contributed by atoms with Crippen molar-refractivity contribution in [1.29, 1.82) is 0 Å². The predicted molar refractivity (Wildman–Crippen MR) is 57.7 cm³/mol. The average Bonchev–Trinajstić information content (AvgIpc) is 2.03. The molecule has 13 heavy (non-hydrogen) atoms. The zero-order chi connectivity index (χ0) is 9.31. The molecule has 1 aromatic rings. The zero-order valence-electron chi connectivity index (χ0n) is 8.16. The lowest BCUT2D eigenvalue weighted by molar-refractivity contribution is 0.124. The fourth-order valence-electron chi connectivity index (χ4n) is 1.60. The minimum absolute atomic E-state index is 0.530. The van der Waals surface area contributed by atoms with Crippen molar-refractivity contribution in [3.05, 3.63) is 30.3 Å². The third-order valence-corrected chi connectivity index (χ3v) is 3.19. The largest absolute Gasteiger partial charge is 0.245 e. The topological polar surface area (TPSA) is 3.24 Å². The van der Waals surface area contributed by atoms with Gasteiger partial charge in [-0.15, -0.1) is 0 Å². The summed E-state index contributed by atoms with van der Waals surface area (Å²) < 4.78 is 2.41. The van der Waals surface area contributed by atoms with E-state index in [4.69, 9.17) is 0 Å². The normalized spacial score (nSPS) is 21.1. The van der Waals surface area contributed by atoms with Crippen molar-refractivity contribution in [1.82, 2.24) is 4.31 Å². The quantitative estimate of drug-likeness (QED) is 0.664. The van der Waals surface area contributed by atoms with E-state index in [1.165, 1.54) is 18.0 Å². The van der Waals surface area contributed by atoms with E-state index in [0.717, 1.165) is 0 Å². The zero-order valence-corrected chi connectivity index (χ0v) is 8.97. The van der Waals surface area contributed by atoms with Crippen LogP contribution in [-0.2, 0) is 0 Å². The van der Waals surface area contributed by atoms with Crippen LogP contribution in [-0.4, -0.2) is 17.4 Å². The first-order valence-corrected chi connectivity index (χ1v) is 5.41. The highest BCUT2D eigenvalue weighted by Gasteiger charge is 2.34. The van der Waals surface area contributed by atoms with Crippen LogP contribution in [0.2, 0.25) is 0 Å². The van der Waals surface area contributed by atoms with Gasteiger partial charge < -0.3 is 0 Å². The number of hydrogen-bond acceptors (Lipinski definition) is 2. The summed E-state index contributed by atoms with van der Waals surface area (Å²) in [5, 5.41) is 0. The van der Waals surface area contributed by atoms with E-state index < -0.39 is 0 Å². The SMILES string of the molecule is CC1(C)CN(Sc2ccccc2)C1. The second kappa shape index (κ2) is 3.35. The van der Waals surface area contributed by atoms with E-state index in [1.807, 2.05) is 11.9 Å². The Morgan fingerprint density at radius 1 is 1.15 bits per heavy atom. The van der Waals surface area contributed by atoms with Gasteiger partial charge in [0.25, 0.3) is 0 Å². The van der Waals surface area contributed by atoms with Gasteiger partial charge in [0.05, 0.1) is 0 Å². The molecule has 1 aromatic carbocycles. The summed E-state index contributed by atoms with van der Waals surface area (Å²) in [6, 6.07) is 10.6. The molecule has 0 unspecified atom stereocenters. The Morgan fingerprint density at radius 3 is 2.31 bits per heavy atom. The second-order valence-electron chi connectivity index (χ2n) is 4.37. The third-order valence-electron chi connectivity index (χ3n) is 2.19. The number of benzene rings is 1. The Labute approximate surface area is 84.3 Å². The van der Waals surface area contributed by atoms with Gasteiger partial charge in [-0.05, 0) is 29.5 Å². The Hall–Kier alpha value is -0.470. The van der Waals surface area contributed by atoms with Gasteiger partial charge in [0.15, 0.2) is 0 Å². The Balaban J connectivity index is 1.88. The molecule has 1 aliphatic heterocycles. The van der Waals surface area contributed by atoms with Crippen molar-refractivity contribution in [3.63, 3.8) is 0 Å². The molecule has 0 amide bonds. The van der Waals surface area contributed by atoms with E-state index in [1.54, 1.807) is 0 Å². The first-order chi connectivity index (χ1) is 6.16. The highest BCUT2D eigenvalue weighted by Crippen LogP contribution is 2.36. The summed E-state index contributed by atoms with van der Waals surface area (Å²) in [5.74, 6) is 0. The predicted octanol–water partition coefficient (Wildman–Crippen LogP) is 3.04. The van der Waals surface area contributed by atoms with Crippen LogP contribution in [0, 0.1) is 5.41 Å². The molecule has 0 saturated carbocycles. The van der Waals surface area contributed by atoms with Gasteiger partial charge in [0.1, 0.15) is 0 Å². The number of rotatable bonds is 2. The summed E-state index contributed by atoms with van der Waals surface area (Å²) in [7, 11) is 0. The van der Waals surface area contributed by atoms with Crippen LogP contribution in [0.1, 0.15) is 13.8 Å². The van der Waals surface area contributed by atoms with Gasteiger partial charge in [-0.3, -0.25) is 0 Å². The number of hydrogen-bond donors (Lipinski definition) is 0. The summed E-state index contributed by atoms with van der Waals surface area (Å²) >= 11 is 1.87. The van der Waals surface area contributed by atoms with Gasteiger partial charge in [0, 0.05) is 18.0 Å². The van der Waals surface area contributed by atoms with Crippen LogP contribution < -0.4 is 0 Å². The van der Waals surface area contributed by atoms with E-state index in [0.29, 0.717) is 5.41 Å². The van der Waals surface area contributed by atoms with Crippen LogP contribution in [0.5, 0.6) is 0 Å². The Morgan fingerprint density at radius 2 is 1.77 bits per heavy atom. The summed E-state index contributed by atoms with van der Waals surface area (Å²) in [5.41, 5.74) is 0.530. The third kappa shape index (κ3) is 2.26. The van der Waals surface area contributed by atoms with Gasteiger partial charge in [0.2, 0.25) is 0 Å². The van der Waals surface area contributed by atoms with Crippen molar-refractivity contribution >= 4 is 11.9 Å². The fourth-order valence-corrected chi connectivity index (χ4v) is 3.01. The summed E-state index contributed by atoms with van der Waals surface area (Å²) in [6.07, 6.45) is 0.